The Kier molecular flexibility index (Phi) is 4.76. The van der Waals surface area contributed by atoms with E-state index < -0.39 is 0 Å². The maximum absolute atomic E-state index is 11.5. The number of carbonyl (C=O) groups is 1. The molecule has 0 aromatic heterocycles. The lowest BCUT2D eigenvalue weighted by atomic mass is 9.88. The van der Waals surface area contributed by atoms with Crippen molar-refractivity contribution < 1.29 is 14.3 Å². The van der Waals surface area contributed by atoms with Gasteiger partial charge in [-0.2, -0.15) is 0 Å². The minimum atomic E-state index is -0.156. The molecule has 3 nitrogen and oxygen atoms in total. The van der Waals surface area contributed by atoms with Crippen LogP contribution in [0.2, 0.25) is 0 Å². The molecular weight excluding hydrogens is 228 g/mol. The van der Waals surface area contributed by atoms with Gasteiger partial charge in [0.15, 0.2) is 0 Å². The van der Waals surface area contributed by atoms with Crippen molar-refractivity contribution in [2.45, 2.75) is 38.2 Å². The molecule has 1 heterocycles. The zero-order valence-corrected chi connectivity index (χ0v) is 10.8. The van der Waals surface area contributed by atoms with E-state index >= 15 is 0 Å². The molecule has 1 aliphatic rings. The lowest BCUT2D eigenvalue weighted by Gasteiger charge is -2.29. The molecule has 0 unspecified atom stereocenters. The largest absolute Gasteiger partial charge is 0.466 e. The maximum atomic E-state index is 11.5. The first-order valence-electron chi connectivity index (χ1n) is 6.61. The summed E-state index contributed by atoms with van der Waals surface area (Å²) >= 11 is 0. The van der Waals surface area contributed by atoms with E-state index in [-0.39, 0.29) is 12.1 Å². The smallest absolute Gasteiger partial charge is 0.308 e. The fourth-order valence-corrected chi connectivity index (χ4v) is 2.46. The van der Waals surface area contributed by atoms with Crippen LogP contribution in [-0.4, -0.2) is 25.3 Å². The summed E-state index contributed by atoms with van der Waals surface area (Å²) in [5, 5.41) is 0. The average molecular weight is 248 g/mol. The highest BCUT2D eigenvalue weighted by Crippen LogP contribution is 2.31. The maximum Gasteiger partial charge on any atom is 0.308 e. The molecule has 0 amide bonds. The predicted octanol–water partition coefficient (Wildman–Crippen LogP) is 2.90. The van der Waals surface area contributed by atoms with Gasteiger partial charge in [-0.1, -0.05) is 30.3 Å². The third-order valence-corrected chi connectivity index (χ3v) is 3.34. The topological polar surface area (TPSA) is 35.5 Å². The zero-order valence-electron chi connectivity index (χ0n) is 10.8. The van der Waals surface area contributed by atoms with Gasteiger partial charge >= 0.3 is 5.97 Å². The molecule has 2 atom stereocenters. The molecule has 0 bridgehead atoms. The van der Waals surface area contributed by atoms with Gasteiger partial charge in [0, 0.05) is 6.61 Å². The molecule has 0 N–H and O–H groups in total. The van der Waals surface area contributed by atoms with Crippen molar-refractivity contribution in [2.75, 3.05) is 13.2 Å². The minimum Gasteiger partial charge on any atom is -0.466 e. The van der Waals surface area contributed by atoms with Gasteiger partial charge in [-0.05, 0) is 31.2 Å². The van der Waals surface area contributed by atoms with Crippen molar-refractivity contribution in [3.8, 4) is 0 Å². The van der Waals surface area contributed by atoms with Crippen LogP contribution in [0.3, 0.4) is 0 Å². The molecule has 0 saturated carbocycles. The van der Waals surface area contributed by atoms with Crippen LogP contribution in [0.1, 0.15) is 37.7 Å². The second-order valence-corrected chi connectivity index (χ2v) is 4.63. The molecule has 0 aliphatic carbocycles. The standard InChI is InChI=1S/C15H20O3/c1-2-17-15(16)11-14-10-13(8-9-18-14)12-6-4-3-5-7-12/h3-7,13-14H,2,8-11H2,1H3/t13-,14+/m1/s1. The number of rotatable bonds is 4. The molecule has 1 aliphatic heterocycles. The van der Waals surface area contributed by atoms with Crippen molar-refractivity contribution in [1.82, 2.24) is 0 Å². The van der Waals surface area contributed by atoms with Gasteiger partial charge in [0.2, 0.25) is 0 Å². The third kappa shape index (κ3) is 3.57. The number of hydrogen-bond acceptors (Lipinski definition) is 3. The Balaban J connectivity index is 1.91. The second-order valence-electron chi connectivity index (χ2n) is 4.63. The fourth-order valence-electron chi connectivity index (χ4n) is 2.46. The molecule has 2 rings (SSSR count). The fraction of sp³-hybridized carbons (Fsp3) is 0.533. The van der Waals surface area contributed by atoms with Crippen molar-refractivity contribution in [3.63, 3.8) is 0 Å². The summed E-state index contributed by atoms with van der Waals surface area (Å²) < 4.78 is 10.6. The van der Waals surface area contributed by atoms with Gasteiger partial charge in [0.05, 0.1) is 19.1 Å². The van der Waals surface area contributed by atoms with Crippen molar-refractivity contribution in [1.29, 1.82) is 0 Å². The van der Waals surface area contributed by atoms with Crippen molar-refractivity contribution in [2.24, 2.45) is 0 Å². The number of carbonyl (C=O) groups excluding carboxylic acids is 1. The Morgan fingerprint density at radius 1 is 1.39 bits per heavy atom. The van der Waals surface area contributed by atoms with Gasteiger partial charge in [-0.15, -0.1) is 0 Å². The lowest BCUT2D eigenvalue weighted by molar-refractivity contribution is -0.147. The van der Waals surface area contributed by atoms with Crippen LogP contribution >= 0.6 is 0 Å². The van der Waals surface area contributed by atoms with E-state index in [1.807, 2.05) is 13.0 Å². The molecule has 18 heavy (non-hydrogen) atoms. The molecule has 3 heteroatoms. The first-order valence-corrected chi connectivity index (χ1v) is 6.61. The highest BCUT2D eigenvalue weighted by Gasteiger charge is 2.25. The molecule has 98 valence electrons. The number of ether oxygens (including phenoxy) is 2. The van der Waals surface area contributed by atoms with Gasteiger partial charge in [0.1, 0.15) is 0 Å². The van der Waals surface area contributed by atoms with Crippen LogP contribution in [0, 0.1) is 0 Å². The Bertz CT molecular complexity index is 375. The Morgan fingerprint density at radius 3 is 2.89 bits per heavy atom. The predicted molar refractivity (Wildman–Crippen MR) is 69.4 cm³/mol. The van der Waals surface area contributed by atoms with Crippen molar-refractivity contribution >= 4 is 5.97 Å². The van der Waals surface area contributed by atoms with Crippen LogP contribution in [0.4, 0.5) is 0 Å². The van der Waals surface area contributed by atoms with E-state index in [1.165, 1.54) is 5.56 Å². The number of hydrogen-bond donors (Lipinski definition) is 0. The quantitative estimate of drug-likeness (QED) is 0.769. The van der Waals surface area contributed by atoms with Gasteiger partial charge in [-0.25, -0.2) is 0 Å². The molecular formula is C15H20O3. The minimum absolute atomic E-state index is 0.00278. The molecule has 1 saturated heterocycles. The van der Waals surface area contributed by atoms with Crippen LogP contribution < -0.4 is 0 Å². The van der Waals surface area contributed by atoms with Crippen LogP contribution in [0.5, 0.6) is 0 Å². The summed E-state index contributed by atoms with van der Waals surface area (Å²) in [6.45, 7) is 2.99. The average Bonchev–Trinajstić information content (AvgIpc) is 2.40. The molecule has 1 aromatic carbocycles. The van der Waals surface area contributed by atoms with E-state index in [0.717, 1.165) is 19.4 Å². The normalized spacial score (nSPS) is 23.6. The lowest BCUT2D eigenvalue weighted by Crippen LogP contribution is -2.27. The summed E-state index contributed by atoms with van der Waals surface area (Å²) in [6.07, 6.45) is 2.31. The SMILES string of the molecule is CCOC(=O)C[C@@H]1C[C@H](c2ccccc2)CCO1. The van der Waals surface area contributed by atoms with E-state index in [1.54, 1.807) is 0 Å². The van der Waals surface area contributed by atoms with E-state index in [9.17, 15) is 4.79 Å². The summed E-state index contributed by atoms with van der Waals surface area (Å²) in [6, 6.07) is 10.4. The molecule has 1 aromatic rings. The molecule has 0 spiro atoms. The highest BCUT2D eigenvalue weighted by atomic mass is 16.5. The number of benzene rings is 1. The summed E-state index contributed by atoms with van der Waals surface area (Å²) in [7, 11) is 0. The summed E-state index contributed by atoms with van der Waals surface area (Å²) in [5.74, 6) is 0.343. The highest BCUT2D eigenvalue weighted by molar-refractivity contribution is 5.69. The second kappa shape index (κ2) is 6.55. The van der Waals surface area contributed by atoms with E-state index in [4.69, 9.17) is 9.47 Å². The van der Waals surface area contributed by atoms with Crippen molar-refractivity contribution in [3.05, 3.63) is 35.9 Å². The van der Waals surface area contributed by atoms with Crippen LogP contribution in [0.25, 0.3) is 0 Å². The van der Waals surface area contributed by atoms with Crippen LogP contribution in [-0.2, 0) is 14.3 Å². The van der Waals surface area contributed by atoms with Gasteiger partial charge in [0.25, 0.3) is 0 Å². The summed E-state index contributed by atoms with van der Waals surface area (Å²) in [4.78, 5) is 11.5. The molecule has 0 radical (unpaired) electrons. The van der Waals surface area contributed by atoms with E-state index in [0.29, 0.717) is 18.9 Å². The Morgan fingerprint density at radius 2 is 2.17 bits per heavy atom. The Labute approximate surface area is 108 Å². The van der Waals surface area contributed by atoms with E-state index in [2.05, 4.69) is 24.3 Å². The van der Waals surface area contributed by atoms with Gasteiger partial charge < -0.3 is 9.47 Å². The first-order chi connectivity index (χ1) is 8.79. The first kappa shape index (κ1) is 13.1. The number of esters is 1. The Hall–Kier alpha value is -1.35. The summed E-state index contributed by atoms with van der Waals surface area (Å²) in [5.41, 5.74) is 1.34. The zero-order chi connectivity index (χ0) is 12.8. The van der Waals surface area contributed by atoms with Crippen LogP contribution in [0.15, 0.2) is 30.3 Å². The van der Waals surface area contributed by atoms with Gasteiger partial charge in [-0.3, -0.25) is 4.79 Å². The molecule has 1 fully saturated rings. The third-order valence-electron chi connectivity index (χ3n) is 3.34. The monoisotopic (exact) mass is 248 g/mol.